The molecule has 1 fully saturated rings. The number of carbonyl (C=O) groups excluding carboxylic acids is 1. The molecule has 0 spiro atoms. The van der Waals surface area contributed by atoms with E-state index in [2.05, 4.69) is 0 Å². The number of anilines is 1. The highest BCUT2D eigenvalue weighted by Crippen LogP contribution is 2.32. The molecule has 0 radical (unpaired) electrons. The summed E-state index contributed by atoms with van der Waals surface area (Å²) in [5.74, 6) is 0. The van der Waals surface area contributed by atoms with E-state index in [0.717, 1.165) is 11.3 Å². The van der Waals surface area contributed by atoms with E-state index >= 15 is 0 Å². The summed E-state index contributed by atoms with van der Waals surface area (Å²) in [5.41, 5.74) is 1.82. The summed E-state index contributed by atoms with van der Waals surface area (Å²) in [6.45, 7) is 0.971. The molecule has 1 saturated heterocycles. The predicted molar refractivity (Wildman–Crippen MR) is 102 cm³/mol. The molecule has 2 heterocycles. The number of nitrogens with zero attached hydrogens (tertiary/aromatic N) is 2. The Morgan fingerprint density at radius 1 is 1.00 bits per heavy atom. The Bertz CT molecular complexity index is 954. The lowest BCUT2D eigenvalue weighted by Crippen LogP contribution is -2.50. The Balaban J connectivity index is 1.51. The van der Waals surface area contributed by atoms with Crippen molar-refractivity contribution in [1.29, 1.82) is 0 Å². The number of hydrogen-bond acceptors (Lipinski definition) is 4. The van der Waals surface area contributed by atoms with Gasteiger partial charge in [-0.2, -0.15) is 4.31 Å². The number of benzene rings is 2. The molecule has 2 aliphatic rings. The van der Waals surface area contributed by atoms with Crippen molar-refractivity contribution in [1.82, 2.24) is 4.31 Å². The van der Waals surface area contributed by atoms with Gasteiger partial charge in [-0.15, -0.1) is 0 Å². The molecule has 0 saturated carbocycles. The van der Waals surface area contributed by atoms with Gasteiger partial charge in [-0.25, -0.2) is 13.2 Å². The van der Waals surface area contributed by atoms with Crippen molar-refractivity contribution in [3.8, 4) is 0 Å². The summed E-state index contributed by atoms with van der Waals surface area (Å²) in [7, 11) is -3.57. The Hall–Kier alpha value is -2.09. The van der Waals surface area contributed by atoms with Crippen LogP contribution in [0.25, 0.3) is 0 Å². The van der Waals surface area contributed by atoms with E-state index in [4.69, 9.17) is 16.3 Å². The Kier molecular flexibility index (Phi) is 4.84. The quantitative estimate of drug-likeness (QED) is 0.780. The second-order valence-electron chi connectivity index (χ2n) is 6.64. The number of para-hydroxylation sites is 1. The van der Waals surface area contributed by atoms with Crippen molar-refractivity contribution in [3.05, 3.63) is 59.1 Å². The molecule has 0 unspecified atom stereocenters. The second-order valence-corrected chi connectivity index (χ2v) is 9.02. The number of piperidine rings is 1. The van der Waals surface area contributed by atoms with Crippen molar-refractivity contribution < 1.29 is 17.9 Å². The molecule has 142 valence electrons. The Morgan fingerprint density at radius 2 is 1.67 bits per heavy atom. The van der Waals surface area contributed by atoms with E-state index < -0.39 is 10.0 Å². The summed E-state index contributed by atoms with van der Waals surface area (Å²) in [5, 5.41) is 0.495. The van der Waals surface area contributed by atoms with Gasteiger partial charge >= 0.3 is 6.09 Å². The SMILES string of the molecule is O=C1OCc2ccccc2N1C1CCN(S(=O)(=O)c2ccc(Cl)cc2)CC1. The van der Waals surface area contributed by atoms with Crippen LogP contribution in [-0.2, 0) is 21.4 Å². The van der Waals surface area contributed by atoms with Crippen LogP contribution in [0.4, 0.5) is 10.5 Å². The molecule has 2 aromatic carbocycles. The van der Waals surface area contributed by atoms with E-state index in [0.29, 0.717) is 31.0 Å². The van der Waals surface area contributed by atoms with Crippen LogP contribution in [0.3, 0.4) is 0 Å². The highest BCUT2D eigenvalue weighted by atomic mass is 35.5. The van der Waals surface area contributed by atoms with E-state index in [9.17, 15) is 13.2 Å². The van der Waals surface area contributed by atoms with Crippen molar-refractivity contribution in [2.75, 3.05) is 18.0 Å². The van der Waals surface area contributed by atoms with Crippen LogP contribution in [-0.4, -0.2) is 37.9 Å². The molecule has 0 aliphatic carbocycles. The maximum atomic E-state index is 12.8. The molecule has 2 aromatic rings. The largest absolute Gasteiger partial charge is 0.444 e. The summed E-state index contributed by atoms with van der Waals surface area (Å²) in [4.78, 5) is 14.2. The van der Waals surface area contributed by atoms with Crippen LogP contribution in [0.5, 0.6) is 0 Å². The molecule has 6 nitrogen and oxygen atoms in total. The fraction of sp³-hybridized carbons (Fsp3) is 0.316. The van der Waals surface area contributed by atoms with Gasteiger partial charge in [-0.05, 0) is 43.2 Å². The van der Waals surface area contributed by atoms with Crippen LogP contribution < -0.4 is 4.90 Å². The number of halogens is 1. The van der Waals surface area contributed by atoms with Gasteiger partial charge in [0.05, 0.1) is 10.6 Å². The lowest BCUT2D eigenvalue weighted by molar-refractivity contribution is 0.136. The molecular formula is C19H19ClN2O4S. The Morgan fingerprint density at radius 3 is 2.37 bits per heavy atom. The number of cyclic esters (lactones) is 1. The molecule has 1 amide bonds. The van der Waals surface area contributed by atoms with Crippen LogP contribution >= 0.6 is 11.6 Å². The van der Waals surface area contributed by atoms with Crippen molar-refractivity contribution >= 4 is 33.4 Å². The number of sulfonamides is 1. The molecule has 8 heteroatoms. The predicted octanol–water partition coefficient (Wildman–Crippen LogP) is 3.65. The molecule has 2 aliphatic heterocycles. The van der Waals surface area contributed by atoms with Gasteiger partial charge in [-0.3, -0.25) is 4.90 Å². The fourth-order valence-electron chi connectivity index (χ4n) is 3.62. The van der Waals surface area contributed by atoms with Gasteiger partial charge in [0.1, 0.15) is 6.61 Å². The second kappa shape index (κ2) is 7.14. The molecule has 0 aromatic heterocycles. The Labute approximate surface area is 163 Å². The highest BCUT2D eigenvalue weighted by Gasteiger charge is 2.36. The summed E-state index contributed by atoms with van der Waals surface area (Å²) >= 11 is 5.85. The van der Waals surface area contributed by atoms with Gasteiger partial charge < -0.3 is 4.74 Å². The van der Waals surface area contributed by atoms with E-state index in [1.807, 2.05) is 24.3 Å². The molecule has 0 bridgehead atoms. The number of rotatable bonds is 3. The third kappa shape index (κ3) is 3.42. The first-order valence-corrected chi connectivity index (χ1v) is 10.6. The van der Waals surface area contributed by atoms with Crippen LogP contribution in [0.1, 0.15) is 18.4 Å². The summed E-state index contributed by atoms with van der Waals surface area (Å²) in [6.07, 6.45) is 0.736. The summed E-state index contributed by atoms with van der Waals surface area (Å²) in [6, 6.07) is 13.7. The van der Waals surface area contributed by atoms with Crippen LogP contribution in [0.2, 0.25) is 5.02 Å². The lowest BCUT2D eigenvalue weighted by atomic mass is 10.0. The molecule has 0 atom stereocenters. The smallest absolute Gasteiger partial charge is 0.414 e. The van der Waals surface area contributed by atoms with Crippen molar-refractivity contribution in [2.24, 2.45) is 0 Å². The standard InChI is InChI=1S/C19H19ClN2O4S/c20-15-5-7-17(8-6-15)27(24,25)21-11-9-16(10-12-21)22-18-4-2-1-3-14(18)13-26-19(22)23/h1-8,16H,9-13H2. The summed E-state index contributed by atoms with van der Waals surface area (Å²) < 4.78 is 32.4. The molecule has 0 N–H and O–H groups in total. The minimum absolute atomic E-state index is 0.0874. The van der Waals surface area contributed by atoms with Gasteiger partial charge in [-0.1, -0.05) is 29.8 Å². The zero-order valence-electron chi connectivity index (χ0n) is 14.5. The monoisotopic (exact) mass is 406 g/mol. The normalized spacial score (nSPS) is 18.9. The van der Waals surface area contributed by atoms with Crippen LogP contribution in [0, 0.1) is 0 Å². The zero-order chi connectivity index (χ0) is 19.0. The molecule has 4 rings (SSSR count). The van der Waals surface area contributed by atoms with Gasteiger partial charge in [0.25, 0.3) is 0 Å². The third-order valence-corrected chi connectivity index (χ3v) is 7.20. The zero-order valence-corrected chi connectivity index (χ0v) is 16.1. The van der Waals surface area contributed by atoms with E-state index in [-0.39, 0.29) is 23.6 Å². The average molecular weight is 407 g/mol. The van der Waals surface area contributed by atoms with E-state index in [1.165, 1.54) is 16.4 Å². The first-order chi connectivity index (χ1) is 13.0. The maximum absolute atomic E-state index is 12.8. The number of carbonyl (C=O) groups is 1. The maximum Gasteiger partial charge on any atom is 0.414 e. The number of fused-ring (bicyclic) bond motifs is 1. The molecular weight excluding hydrogens is 388 g/mol. The average Bonchev–Trinajstić information content (AvgIpc) is 2.68. The van der Waals surface area contributed by atoms with Gasteiger partial charge in [0.15, 0.2) is 0 Å². The van der Waals surface area contributed by atoms with Gasteiger partial charge in [0.2, 0.25) is 10.0 Å². The van der Waals surface area contributed by atoms with E-state index in [1.54, 1.807) is 17.0 Å². The van der Waals surface area contributed by atoms with Crippen molar-refractivity contribution in [3.63, 3.8) is 0 Å². The number of ether oxygens (including phenoxy) is 1. The minimum Gasteiger partial charge on any atom is -0.444 e. The third-order valence-electron chi connectivity index (χ3n) is 5.04. The van der Waals surface area contributed by atoms with Gasteiger partial charge in [0, 0.05) is 29.7 Å². The highest BCUT2D eigenvalue weighted by molar-refractivity contribution is 7.89. The lowest BCUT2D eigenvalue weighted by Gasteiger charge is -2.39. The van der Waals surface area contributed by atoms with Crippen LogP contribution in [0.15, 0.2) is 53.4 Å². The first-order valence-electron chi connectivity index (χ1n) is 8.76. The number of hydrogen-bond donors (Lipinski definition) is 0. The fourth-order valence-corrected chi connectivity index (χ4v) is 5.21. The first kappa shape index (κ1) is 18.3. The minimum atomic E-state index is -3.57. The number of amides is 1. The van der Waals surface area contributed by atoms with Crippen molar-refractivity contribution in [2.45, 2.75) is 30.4 Å². The molecule has 27 heavy (non-hydrogen) atoms. The topological polar surface area (TPSA) is 66.9 Å².